The van der Waals surface area contributed by atoms with E-state index in [0.717, 1.165) is 6.42 Å². The van der Waals surface area contributed by atoms with E-state index in [-0.39, 0.29) is 11.9 Å². The number of hydrogen-bond donors (Lipinski definition) is 0. The first-order valence-corrected chi connectivity index (χ1v) is 6.50. The van der Waals surface area contributed by atoms with Gasteiger partial charge in [-0.15, -0.1) is 0 Å². The maximum absolute atomic E-state index is 12.4. The second kappa shape index (κ2) is 3.62. The first-order chi connectivity index (χ1) is 8.63. The van der Waals surface area contributed by atoms with Crippen LogP contribution < -0.4 is 0 Å². The number of carbonyl (C=O) groups excluding carboxylic acids is 2. The van der Waals surface area contributed by atoms with Gasteiger partial charge >= 0.3 is 11.9 Å². The molecule has 2 bridgehead atoms. The molecule has 1 fully saturated rings. The molecular formula is C15H22O4. The molecule has 1 saturated carbocycles. The van der Waals surface area contributed by atoms with Crippen LogP contribution in [-0.2, 0) is 19.1 Å². The van der Waals surface area contributed by atoms with Crippen LogP contribution in [0.4, 0.5) is 0 Å². The van der Waals surface area contributed by atoms with E-state index in [1.165, 1.54) is 14.2 Å². The number of ether oxygens (including phenoxy) is 2. The molecule has 0 radical (unpaired) electrons. The molecule has 4 unspecified atom stereocenters. The summed E-state index contributed by atoms with van der Waals surface area (Å²) in [6.45, 7) is 7.68. The van der Waals surface area contributed by atoms with E-state index in [2.05, 4.69) is 12.2 Å². The molecule has 0 saturated heterocycles. The number of methoxy groups -OCH3 is 2. The van der Waals surface area contributed by atoms with Gasteiger partial charge in [-0.25, -0.2) is 0 Å². The van der Waals surface area contributed by atoms with Crippen LogP contribution in [0.25, 0.3) is 0 Å². The molecule has 0 heterocycles. The largest absolute Gasteiger partial charge is 0.469 e. The van der Waals surface area contributed by atoms with Gasteiger partial charge in [0.25, 0.3) is 0 Å². The second-order valence-electron chi connectivity index (χ2n) is 6.58. The fraction of sp³-hybridized carbons (Fsp3) is 0.733. The maximum atomic E-state index is 12.4. The van der Waals surface area contributed by atoms with Gasteiger partial charge in [0.2, 0.25) is 0 Å². The predicted molar refractivity (Wildman–Crippen MR) is 70.2 cm³/mol. The molecular weight excluding hydrogens is 244 g/mol. The van der Waals surface area contributed by atoms with Crippen molar-refractivity contribution in [3.8, 4) is 0 Å². The van der Waals surface area contributed by atoms with Crippen molar-refractivity contribution < 1.29 is 19.1 Å². The summed E-state index contributed by atoms with van der Waals surface area (Å²) in [7, 11) is 2.74. The van der Waals surface area contributed by atoms with E-state index in [4.69, 9.17) is 9.47 Å². The summed E-state index contributed by atoms with van der Waals surface area (Å²) in [5.41, 5.74) is -2.63. The Kier molecular flexibility index (Phi) is 2.68. The Labute approximate surface area is 114 Å². The summed E-state index contributed by atoms with van der Waals surface area (Å²) < 4.78 is 10.0. The van der Waals surface area contributed by atoms with Crippen LogP contribution in [0, 0.1) is 21.7 Å². The van der Waals surface area contributed by atoms with Crippen LogP contribution in [0.3, 0.4) is 0 Å². The van der Waals surface area contributed by atoms with Gasteiger partial charge in [-0.3, -0.25) is 9.59 Å². The third-order valence-electron chi connectivity index (χ3n) is 6.03. The van der Waals surface area contributed by atoms with E-state index in [0.29, 0.717) is 0 Å². The molecule has 0 aliphatic heterocycles. The maximum Gasteiger partial charge on any atom is 0.313 e. The summed E-state index contributed by atoms with van der Waals surface area (Å²) in [5.74, 6) is -0.702. The molecule has 106 valence electrons. The zero-order valence-electron chi connectivity index (χ0n) is 12.5. The highest BCUT2D eigenvalue weighted by atomic mass is 16.5. The summed E-state index contributed by atoms with van der Waals surface area (Å²) in [6, 6.07) is 0. The zero-order valence-corrected chi connectivity index (χ0v) is 12.5. The van der Waals surface area contributed by atoms with Crippen LogP contribution in [0.15, 0.2) is 12.2 Å². The van der Waals surface area contributed by atoms with Crippen LogP contribution in [0.2, 0.25) is 0 Å². The van der Waals surface area contributed by atoms with Crippen molar-refractivity contribution in [2.75, 3.05) is 14.2 Å². The summed E-state index contributed by atoms with van der Waals surface area (Å²) in [6.07, 6.45) is 4.85. The Bertz CT molecular complexity index is 441. The molecule has 4 nitrogen and oxygen atoms in total. The fourth-order valence-electron chi connectivity index (χ4n) is 4.36. The highest BCUT2D eigenvalue weighted by molar-refractivity contribution is 5.92. The highest BCUT2D eigenvalue weighted by Crippen LogP contribution is 2.75. The predicted octanol–water partition coefficient (Wildman–Crippen LogP) is 2.33. The van der Waals surface area contributed by atoms with E-state index < -0.39 is 21.7 Å². The molecule has 0 N–H and O–H groups in total. The summed E-state index contributed by atoms with van der Waals surface area (Å²) in [5, 5.41) is 0. The molecule has 0 aromatic heterocycles. The minimum atomic E-state index is -0.925. The average molecular weight is 266 g/mol. The van der Waals surface area contributed by atoms with E-state index in [1.807, 2.05) is 27.7 Å². The summed E-state index contributed by atoms with van der Waals surface area (Å²) >= 11 is 0. The first kappa shape index (κ1) is 14.1. The number of esters is 2. The normalized spacial score (nSPS) is 47.3. The average Bonchev–Trinajstić information content (AvgIpc) is 2.78. The molecule has 19 heavy (non-hydrogen) atoms. The van der Waals surface area contributed by atoms with Gasteiger partial charge in [0.15, 0.2) is 0 Å². The number of rotatable bonds is 2. The Morgan fingerprint density at radius 3 is 1.42 bits per heavy atom. The number of hydrogen-bond acceptors (Lipinski definition) is 4. The molecule has 0 amide bonds. The highest BCUT2D eigenvalue weighted by Gasteiger charge is 2.78. The van der Waals surface area contributed by atoms with Gasteiger partial charge in [0, 0.05) is 10.8 Å². The molecule has 2 aliphatic carbocycles. The minimum absolute atomic E-state index is 0.351. The molecule has 0 aromatic carbocycles. The van der Waals surface area contributed by atoms with Crippen molar-refractivity contribution in [2.45, 2.75) is 34.1 Å². The Hall–Kier alpha value is -1.32. The summed E-state index contributed by atoms with van der Waals surface area (Å²) in [4.78, 5) is 24.9. The Morgan fingerprint density at radius 1 is 0.842 bits per heavy atom. The monoisotopic (exact) mass is 266 g/mol. The van der Waals surface area contributed by atoms with Gasteiger partial charge in [-0.1, -0.05) is 26.0 Å². The van der Waals surface area contributed by atoms with Gasteiger partial charge in [-0.2, -0.15) is 0 Å². The fourth-order valence-corrected chi connectivity index (χ4v) is 4.36. The lowest BCUT2D eigenvalue weighted by molar-refractivity contribution is -0.184. The standard InChI is InChI=1S/C15H22O4/c1-12-7-8-13(2,9-12)15(4,11(17)19-6)14(12,3)10(16)18-5/h7-8H,9H2,1-6H3. The molecule has 0 aromatic rings. The van der Waals surface area contributed by atoms with Crippen molar-refractivity contribution in [3.63, 3.8) is 0 Å². The Balaban J connectivity index is 2.72. The lowest BCUT2D eigenvalue weighted by atomic mass is 9.52. The van der Waals surface area contributed by atoms with E-state index >= 15 is 0 Å². The van der Waals surface area contributed by atoms with E-state index in [9.17, 15) is 9.59 Å². The van der Waals surface area contributed by atoms with Crippen molar-refractivity contribution >= 4 is 11.9 Å². The van der Waals surface area contributed by atoms with Crippen molar-refractivity contribution in [2.24, 2.45) is 21.7 Å². The lowest BCUT2D eigenvalue weighted by Gasteiger charge is -2.49. The van der Waals surface area contributed by atoms with Crippen LogP contribution in [0.1, 0.15) is 34.1 Å². The molecule has 0 spiro atoms. The Morgan fingerprint density at radius 2 is 1.16 bits per heavy atom. The molecule has 2 aliphatic rings. The SMILES string of the molecule is COC(=O)C1(C)C2(C)C=CC(C)(C2)C1(C)C(=O)OC. The third kappa shape index (κ3) is 1.20. The van der Waals surface area contributed by atoms with Crippen LogP contribution >= 0.6 is 0 Å². The third-order valence-corrected chi connectivity index (χ3v) is 6.03. The molecule has 4 heteroatoms. The van der Waals surface area contributed by atoms with Gasteiger partial charge in [0.1, 0.15) is 0 Å². The number of fused-ring (bicyclic) bond motifs is 2. The second-order valence-corrected chi connectivity index (χ2v) is 6.58. The van der Waals surface area contributed by atoms with Gasteiger partial charge in [-0.05, 0) is 20.3 Å². The molecule has 2 rings (SSSR count). The van der Waals surface area contributed by atoms with Crippen LogP contribution in [-0.4, -0.2) is 26.2 Å². The van der Waals surface area contributed by atoms with Crippen molar-refractivity contribution in [3.05, 3.63) is 12.2 Å². The van der Waals surface area contributed by atoms with E-state index in [1.54, 1.807) is 0 Å². The quantitative estimate of drug-likeness (QED) is 0.568. The smallest absolute Gasteiger partial charge is 0.313 e. The first-order valence-electron chi connectivity index (χ1n) is 6.50. The van der Waals surface area contributed by atoms with Crippen molar-refractivity contribution in [1.82, 2.24) is 0 Å². The number of allylic oxidation sites excluding steroid dienone is 2. The minimum Gasteiger partial charge on any atom is -0.469 e. The number of carbonyl (C=O) groups is 2. The molecule has 4 atom stereocenters. The lowest BCUT2D eigenvalue weighted by Crippen LogP contribution is -2.57. The zero-order chi connectivity index (χ0) is 14.7. The van der Waals surface area contributed by atoms with Gasteiger partial charge in [0.05, 0.1) is 25.0 Å². The van der Waals surface area contributed by atoms with Crippen molar-refractivity contribution in [1.29, 1.82) is 0 Å². The van der Waals surface area contributed by atoms with Gasteiger partial charge < -0.3 is 9.47 Å². The van der Waals surface area contributed by atoms with Crippen LogP contribution in [0.5, 0.6) is 0 Å². The topological polar surface area (TPSA) is 52.6 Å².